The SMILES string of the molecule is COc1ccc(C(OC[C@H]2O[C@@H](n3cnc4c(=O)[nH]c(N)nc43)[C@H](OC(F)(F)F)[C@@H]2O[P+](O)(CCC#N)N(C(C)C)C(C)C)(c2ccccc2)c2ccc(OC)cc2)cc1. The maximum atomic E-state index is 14.7. The summed E-state index contributed by atoms with van der Waals surface area (Å²) >= 11 is 0. The van der Waals surface area contributed by atoms with Gasteiger partial charge in [-0.1, -0.05) is 54.6 Å². The third kappa shape index (κ3) is 9.13. The fourth-order valence-corrected chi connectivity index (χ4v) is 10.7. The lowest BCUT2D eigenvalue weighted by molar-refractivity contribution is -0.355. The van der Waals surface area contributed by atoms with E-state index in [1.54, 1.807) is 28.9 Å². The number of nitrogens with two attached hydrogens (primary N) is 1. The van der Waals surface area contributed by atoms with Crippen molar-refractivity contribution in [2.24, 2.45) is 0 Å². The summed E-state index contributed by atoms with van der Waals surface area (Å²) in [5, 5.41) is 9.68. The molecule has 6 rings (SSSR count). The van der Waals surface area contributed by atoms with E-state index in [1.807, 2.05) is 88.4 Å². The smallest absolute Gasteiger partial charge is 0.497 e. The Morgan fingerprint density at radius 1 is 0.950 bits per heavy atom. The van der Waals surface area contributed by atoms with Crippen molar-refractivity contribution in [3.8, 4) is 17.6 Å². The number of ether oxygens (including phenoxy) is 5. The zero-order valence-corrected chi connectivity index (χ0v) is 34.8. The molecule has 3 aromatic carbocycles. The third-order valence-corrected chi connectivity index (χ3v) is 13.2. The molecule has 1 fully saturated rings. The zero-order chi connectivity index (χ0) is 43.4. The highest BCUT2D eigenvalue weighted by Gasteiger charge is 2.60. The molecule has 0 bridgehead atoms. The second-order valence-corrected chi connectivity index (χ2v) is 17.1. The Hall–Kier alpha value is -5.12. The lowest BCUT2D eigenvalue weighted by atomic mass is 9.80. The number of imidazole rings is 1. The molecule has 0 spiro atoms. The molecular weight excluding hydrogens is 806 g/mol. The van der Waals surface area contributed by atoms with Crippen molar-refractivity contribution in [3.63, 3.8) is 0 Å². The molecule has 5 aromatic rings. The topological polar surface area (TPSA) is 192 Å². The molecule has 1 aliphatic heterocycles. The zero-order valence-electron chi connectivity index (χ0n) is 33.9. The second-order valence-electron chi connectivity index (χ2n) is 14.6. The van der Waals surface area contributed by atoms with Gasteiger partial charge in [0.1, 0.15) is 35.5 Å². The van der Waals surface area contributed by atoms with E-state index in [4.69, 9.17) is 33.9 Å². The number of hydrogen-bond acceptors (Lipinski definition) is 13. The molecule has 0 saturated carbocycles. The standard InChI is InChI=1S/C41H47F3N7O8P/c1-25(2)51(26(3)4)60(53,22-10-21-45)59-34-32(57-38(35(34)58-41(42,43)44)50-24-47-33-36(50)48-39(46)49-37(33)52)23-56-40(27-11-8-7-9-12-27,28-13-17-30(54-5)18-14-28)29-15-19-31(55-6)20-16-29/h7-9,11-20,24-26,32,34-35,38,53H,10,22-23H2,1-6H3,(H2-,46,48,49,52)/p+1/t32-,34-,35-,38-,60?/m1/s1. The number of H-pyrrole nitrogens is 1. The van der Waals surface area contributed by atoms with Gasteiger partial charge in [0.15, 0.2) is 23.5 Å². The van der Waals surface area contributed by atoms with Crippen molar-refractivity contribution in [1.82, 2.24) is 24.2 Å². The third-order valence-electron chi connectivity index (χ3n) is 10.1. The summed E-state index contributed by atoms with van der Waals surface area (Å²) in [6.45, 7) is 6.77. The number of aromatic amines is 1. The molecule has 0 amide bonds. The molecule has 19 heteroatoms. The number of hydrogen-bond donors (Lipinski definition) is 3. The molecule has 320 valence electrons. The van der Waals surface area contributed by atoms with Crippen LogP contribution in [-0.2, 0) is 24.3 Å². The van der Waals surface area contributed by atoms with Crippen LogP contribution in [0.15, 0.2) is 90.0 Å². The first-order valence-corrected chi connectivity index (χ1v) is 20.9. The van der Waals surface area contributed by atoms with Gasteiger partial charge in [0.05, 0.1) is 39.6 Å². The fraction of sp³-hybridized carbons (Fsp3) is 0.415. The number of nitrogens with zero attached hydrogens (tertiary/aromatic N) is 5. The average molecular weight is 855 g/mol. The van der Waals surface area contributed by atoms with Crippen LogP contribution in [0.3, 0.4) is 0 Å². The molecule has 0 radical (unpaired) electrons. The maximum Gasteiger partial charge on any atom is 0.523 e. The van der Waals surface area contributed by atoms with Gasteiger partial charge in [0.2, 0.25) is 5.95 Å². The highest BCUT2D eigenvalue weighted by molar-refractivity contribution is 7.63. The van der Waals surface area contributed by atoms with Crippen LogP contribution in [0.25, 0.3) is 11.2 Å². The number of benzene rings is 3. The van der Waals surface area contributed by atoms with Crippen LogP contribution in [0.2, 0.25) is 0 Å². The molecule has 1 unspecified atom stereocenters. The molecule has 60 heavy (non-hydrogen) atoms. The summed E-state index contributed by atoms with van der Waals surface area (Å²) in [6.07, 6.45) is -11.5. The van der Waals surface area contributed by atoms with Crippen molar-refractivity contribution in [2.75, 3.05) is 32.7 Å². The number of fused-ring (bicyclic) bond motifs is 1. The number of halogens is 3. The molecule has 15 nitrogen and oxygen atoms in total. The Morgan fingerprint density at radius 2 is 1.52 bits per heavy atom. The first-order chi connectivity index (χ1) is 28.5. The van der Waals surface area contributed by atoms with Crippen molar-refractivity contribution >= 4 is 25.0 Å². The summed E-state index contributed by atoms with van der Waals surface area (Å²) in [6, 6.07) is 24.8. The van der Waals surface area contributed by atoms with Gasteiger partial charge in [-0.25, -0.2) is 9.88 Å². The van der Waals surface area contributed by atoms with Gasteiger partial charge in [-0.2, -0.15) is 14.8 Å². The minimum absolute atomic E-state index is 0.173. The lowest BCUT2D eigenvalue weighted by Crippen LogP contribution is -2.46. The van der Waals surface area contributed by atoms with Crippen molar-refractivity contribution in [3.05, 3.63) is 112 Å². The van der Waals surface area contributed by atoms with Gasteiger partial charge >= 0.3 is 14.2 Å². The number of anilines is 1. The van der Waals surface area contributed by atoms with Gasteiger partial charge in [-0.3, -0.25) is 19.1 Å². The molecule has 4 N–H and O–H groups in total. The fourth-order valence-electron chi connectivity index (χ4n) is 7.82. The number of alkyl halides is 3. The van der Waals surface area contributed by atoms with E-state index < -0.39 is 56.5 Å². The second kappa shape index (κ2) is 18.2. The molecule has 1 saturated heterocycles. The Bertz CT molecular complexity index is 2250. The quantitative estimate of drug-likeness (QED) is 0.0662. The van der Waals surface area contributed by atoms with Crippen LogP contribution < -0.4 is 20.8 Å². The Kier molecular flexibility index (Phi) is 13.5. The molecule has 0 aliphatic carbocycles. The number of rotatable bonds is 17. The van der Waals surface area contributed by atoms with Crippen molar-refractivity contribution < 1.29 is 46.3 Å². The van der Waals surface area contributed by atoms with Crippen LogP contribution >= 0.6 is 7.87 Å². The average Bonchev–Trinajstić information content (AvgIpc) is 3.77. The number of nitrogens with one attached hydrogen (secondary N) is 1. The largest absolute Gasteiger partial charge is 0.523 e. The van der Waals surface area contributed by atoms with E-state index in [0.717, 1.165) is 10.9 Å². The van der Waals surface area contributed by atoms with Crippen molar-refractivity contribution in [1.29, 1.82) is 5.26 Å². The minimum Gasteiger partial charge on any atom is -0.497 e. The van der Waals surface area contributed by atoms with Crippen LogP contribution in [0.4, 0.5) is 19.1 Å². The first-order valence-electron chi connectivity index (χ1n) is 19.1. The molecule has 3 heterocycles. The summed E-state index contributed by atoms with van der Waals surface area (Å²) in [5.74, 6) is 0.819. The van der Waals surface area contributed by atoms with Crippen LogP contribution in [0.1, 0.15) is 57.0 Å². The van der Waals surface area contributed by atoms with E-state index in [1.165, 1.54) is 14.2 Å². The van der Waals surface area contributed by atoms with E-state index in [9.17, 15) is 28.1 Å². The molecule has 2 aromatic heterocycles. The Balaban J connectivity index is 1.56. The van der Waals surface area contributed by atoms with Crippen LogP contribution in [0, 0.1) is 11.3 Å². The normalized spacial score (nSPS) is 19.5. The van der Waals surface area contributed by atoms with Gasteiger partial charge in [0.25, 0.3) is 5.56 Å². The molecule has 5 atom stereocenters. The number of methoxy groups -OCH3 is 2. The summed E-state index contributed by atoms with van der Waals surface area (Å²) in [7, 11) is -0.860. The van der Waals surface area contributed by atoms with E-state index in [-0.39, 0.29) is 41.8 Å². The highest BCUT2D eigenvalue weighted by Crippen LogP contribution is 2.64. The number of aromatic nitrogens is 4. The van der Waals surface area contributed by atoms with Gasteiger partial charge in [-0.05, 0) is 68.7 Å². The summed E-state index contributed by atoms with van der Waals surface area (Å²) in [5.41, 5.74) is 5.18. The number of nitriles is 1. The lowest BCUT2D eigenvalue weighted by Gasteiger charge is -2.39. The van der Waals surface area contributed by atoms with E-state index in [2.05, 4.69) is 15.0 Å². The Labute approximate surface area is 345 Å². The monoisotopic (exact) mass is 854 g/mol. The number of nitrogen functional groups attached to an aromatic ring is 1. The van der Waals surface area contributed by atoms with Gasteiger partial charge < -0.3 is 24.7 Å². The van der Waals surface area contributed by atoms with Crippen molar-refractivity contribution in [2.45, 2.75) is 82.7 Å². The highest BCUT2D eigenvalue weighted by atomic mass is 31.2. The Morgan fingerprint density at radius 3 is 2.03 bits per heavy atom. The predicted molar refractivity (Wildman–Crippen MR) is 217 cm³/mol. The maximum absolute atomic E-state index is 14.7. The summed E-state index contributed by atoms with van der Waals surface area (Å²) in [4.78, 5) is 36.0. The van der Waals surface area contributed by atoms with E-state index in [0.29, 0.717) is 28.2 Å². The van der Waals surface area contributed by atoms with Gasteiger partial charge in [0, 0.05) is 12.1 Å². The molecule has 1 aliphatic rings. The van der Waals surface area contributed by atoms with Crippen LogP contribution in [-0.4, -0.2) is 92.8 Å². The predicted octanol–water partition coefficient (Wildman–Crippen LogP) is 6.70. The van der Waals surface area contributed by atoms with Crippen LogP contribution in [0.5, 0.6) is 11.5 Å². The molecular formula is C41H48F3N7O8P+. The van der Waals surface area contributed by atoms with E-state index >= 15 is 0 Å². The van der Waals surface area contributed by atoms with Gasteiger partial charge in [-0.15, -0.1) is 17.8 Å². The summed E-state index contributed by atoms with van der Waals surface area (Å²) < 4.78 is 82.8. The minimum atomic E-state index is -5.26. The first kappa shape index (κ1) is 44.4.